The van der Waals surface area contributed by atoms with Crippen LogP contribution in [0.2, 0.25) is 0 Å². The highest BCUT2D eigenvalue weighted by molar-refractivity contribution is 9.10. The Bertz CT molecular complexity index is 415. The van der Waals surface area contributed by atoms with Gasteiger partial charge in [0.05, 0.1) is 4.83 Å². The first-order valence-electron chi connectivity index (χ1n) is 5.83. The van der Waals surface area contributed by atoms with E-state index in [4.69, 9.17) is 0 Å². The number of halogens is 4. The van der Waals surface area contributed by atoms with Crippen molar-refractivity contribution in [3.63, 3.8) is 0 Å². The van der Waals surface area contributed by atoms with Crippen LogP contribution in [-0.2, 0) is 11.2 Å². The molecule has 0 radical (unpaired) electrons. The van der Waals surface area contributed by atoms with Gasteiger partial charge in [-0.1, -0.05) is 35.0 Å². The number of hydrogen-bond donors (Lipinski definition) is 0. The maximum absolute atomic E-state index is 12.0. The summed E-state index contributed by atoms with van der Waals surface area (Å²) in [5, 5.41) is 0. The number of ether oxygens (including phenoxy) is 1. The predicted molar refractivity (Wildman–Crippen MR) is 69.5 cm³/mol. The van der Waals surface area contributed by atoms with Gasteiger partial charge in [0, 0.05) is 6.42 Å². The van der Waals surface area contributed by atoms with Crippen LogP contribution < -0.4 is 4.74 Å². The second-order valence-corrected chi connectivity index (χ2v) is 5.19. The van der Waals surface area contributed by atoms with Crippen molar-refractivity contribution in [2.45, 2.75) is 37.4 Å². The largest absolute Gasteiger partial charge is 0.573 e. The first kappa shape index (κ1) is 16.0. The Morgan fingerprint density at radius 1 is 1.32 bits per heavy atom. The minimum Gasteiger partial charge on any atom is -0.406 e. The van der Waals surface area contributed by atoms with E-state index in [1.165, 1.54) is 24.3 Å². The van der Waals surface area contributed by atoms with Crippen LogP contribution in [0.1, 0.15) is 25.3 Å². The van der Waals surface area contributed by atoms with Gasteiger partial charge in [0.15, 0.2) is 0 Å². The lowest BCUT2D eigenvalue weighted by Crippen LogP contribution is -2.17. The Labute approximate surface area is 118 Å². The average molecular weight is 339 g/mol. The fraction of sp³-hybridized carbons (Fsp3) is 0.462. The summed E-state index contributed by atoms with van der Waals surface area (Å²) in [6.07, 6.45) is -2.97. The molecule has 0 amide bonds. The Morgan fingerprint density at radius 2 is 1.89 bits per heavy atom. The number of Topliss-reactive ketones (excluding diaryl/α,β-unsaturated/α-hetero) is 1. The standard InChI is InChI=1S/C13H14BrF3O2/c1-2-3-12(18)11(14)8-9-4-6-10(7-5-9)19-13(15,16)17/h4-7,11H,2-3,8H2,1H3. The summed E-state index contributed by atoms with van der Waals surface area (Å²) in [7, 11) is 0. The van der Waals surface area contributed by atoms with Crippen LogP contribution in [0, 0.1) is 0 Å². The van der Waals surface area contributed by atoms with Crippen LogP contribution >= 0.6 is 15.9 Å². The number of carbonyl (C=O) groups is 1. The molecule has 0 saturated carbocycles. The van der Waals surface area contributed by atoms with Crippen LogP contribution in [0.3, 0.4) is 0 Å². The van der Waals surface area contributed by atoms with Crippen molar-refractivity contribution >= 4 is 21.7 Å². The van der Waals surface area contributed by atoms with Crippen LogP contribution in [0.4, 0.5) is 13.2 Å². The minimum absolute atomic E-state index is 0.0955. The van der Waals surface area contributed by atoms with Gasteiger partial charge in [-0.3, -0.25) is 4.79 Å². The van der Waals surface area contributed by atoms with E-state index >= 15 is 0 Å². The smallest absolute Gasteiger partial charge is 0.406 e. The zero-order chi connectivity index (χ0) is 14.5. The summed E-state index contributed by atoms with van der Waals surface area (Å²) in [4.78, 5) is 11.3. The van der Waals surface area contributed by atoms with Crippen molar-refractivity contribution in [3.05, 3.63) is 29.8 Å². The van der Waals surface area contributed by atoms with E-state index in [2.05, 4.69) is 20.7 Å². The van der Waals surface area contributed by atoms with Crippen LogP contribution in [0.25, 0.3) is 0 Å². The van der Waals surface area contributed by atoms with Crippen molar-refractivity contribution in [2.75, 3.05) is 0 Å². The molecule has 0 aliphatic rings. The van der Waals surface area contributed by atoms with Gasteiger partial charge >= 0.3 is 6.36 Å². The summed E-state index contributed by atoms with van der Waals surface area (Å²) in [6, 6.07) is 5.53. The zero-order valence-electron chi connectivity index (χ0n) is 10.3. The fourth-order valence-electron chi connectivity index (χ4n) is 1.55. The van der Waals surface area contributed by atoms with Gasteiger partial charge in [-0.15, -0.1) is 13.2 Å². The highest BCUT2D eigenvalue weighted by atomic mass is 79.9. The van der Waals surface area contributed by atoms with Gasteiger partial charge in [-0.2, -0.15) is 0 Å². The minimum atomic E-state index is -4.68. The molecule has 1 aromatic carbocycles. The Hall–Kier alpha value is -1.04. The Balaban J connectivity index is 2.59. The van der Waals surface area contributed by atoms with Crippen LogP contribution in [-0.4, -0.2) is 17.0 Å². The molecule has 1 atom stereocenters. The van der Waals surface area contributed by atoms with Gasteiger partial charge in [0.25, 0.3) is 0 Å². The van der Waals surface area contributed by atoms with E-state index in [0.29, 0.717) is 12.8 Å². The van der Waals surface area contributed by atoms with E-state index in [0.717, 1.165) is 12.0 Å². The van der Waals surface area contributed by atoms with Gasteiger partial charge in [-0.25, -0.2) is 0 Å². The molecule has 19 heavy (non-hydrogen) atoms. The highest BCUT2D eigenvalue weighted by Crippen LogP contribution is 2.23. The summed E-state index contributed by atoms with van der Waals surface area (Å²) in [5.41, 5.74) is 0.779. The molecule has 1 aromatic rings. The van der Waals surface area contributed by atoms with Gasteiger partial charge in [-0.05, 0) is 30.5 Å². The lowest BCUT2D eigenvalue weighted by atomic mass is 10.1. The normalized spacial score (nSPS) is 13.1. The molecule has 0 heterocycles. The predicted octanol–water partition coefficient (Wildman–Crippen LogP) is 4.26. The second kappa shape index (κ2) is 6.93. The third-order valence-corrected chi connectivity index (χ3v) is 3.25. The van der Waals surface area contributed by atoms with Gasteiger partial charge in [0.1, 0.15) is 11.5 Å². The van der Waals surface area contributed by atoms with E-state index in [9.17, 15) is 18.0 Å². The number of alkyl halides is 4. The first-order valence-corrected chi connectivity index (χ1v) is 6.75. The Kier molecular flexibility index (Phi) is 5.85. The van der Waals surface area contributed by atoms with E-state index < -0.39 is 6.36 Å². The summed E-state index contributed by atoms with van der Waals surface area (Å²) in [6.45, 7) is 1.92. The van der Waals surface area contributed by atoms with Crippen molar-refractivity contribution in [2.24, 2.45) is 0 Å². The van der Waals surface area contributed by atoms with Gasteiger partial charge < -0.3 is 4.74 Å². The number of carbonyl (C=O) groups excluding carboxylic acids is 1. The SMILES string of the molecule is CCCC(=O)C(Br)Cc1ccc(OC(F)(F)F)cc1. The molecule has 1 unspecified atom stereocenters. The molecule has 0 bridgehead atoms. The number of benzene rings is 1. The molecule has 106 valence electrons. The molecule has 2 nitrogen and oxygen atoms in total. The molecule has 0 spiro atoms. The average Bonchev–Trinajstić information content (AvgIpc) is 2.30. The van der Waals surface area contributed by atoms with Crippen molar-refractivity contribution in [1.82, 2.24) is 0 Å². The molecule has 0 saturated heterocycles. The maximum Gasteiger partial charge on any atom is 0.573 e. The maximum atomic E-state index is 12.0. The lowest BCUT2D eigenvalue weighted by molar-refractivity contribution is -0.274. The molecule has 6 heteroatoms. The quantitative estimate of drug-likeness (QED) is 0.724. The number of hydrogen-bond acceptors (Lipinski definition) is 2. The third kappa shape index (κ3) is 6.09. The van der Waals surface area contributed by atoms with E-state index in [1.54, 1.807) is 0 Å². The lowest BCUT2D eigenvalue weighted by Gasteiger charge is -2.11. The summed E-state index contributed by atoms with van der Waals surface area (Å²) >= 11 is 3.29. The summed E-state index contributed by atoms with van der Waals surface area (Å²) in [5.74, 6) is -0.166. The molecule has 0 N–H and O–H groups in total. The van der Waals surface area contributed by atoms with Crippen molar-refractivity contribution in [1.29, 1.82) is 0 Å². The van der Waals surface area contributed by atoms with Crippen molar-refractivity contribution in [3.8, 4) is 5.75 Å². The Morgan fingerprint density at radius 3 is 2.37 bits per heavy atom. The third-order valence-electron chi connectivity index (χ3n) is 2.42. The topological polar surface area (TPSA) is 26.3 Å². The monoisotopic (exact) mass is 338 g/mol. The van der Waals surface area contributed by atoms with Crippen LogP contribution in [0.5, 0.6) is 5.75 Å². The molecule has 0 aromatic heterocycles. The van der Waals surface area contributed by atoms with Crippen molar-refractivity contribution < 1.29 is 22.7 Å². The van der Waals surface area contributed by atoms with Gasteiger partial charge in [0.2, 0.25) is 0 Å². The molecular weight excluding hydrogens is 325 g/mol. The number of ketones is 1. The molecule has 0 aliphatic heterocycles. The van der Waals surface area contributed by atoms with Crippen LogP contribution in [0.15, 0.2) is 24.3 Å². The molecule has 0 aliphatic carbocycles. The van der Waals surface area contributed by atoms with E-state index in [1.807, 2.05) is 6.92 Å². The molecular formula is C13H14BrF3O2. The van der Waals surface area contributed by atoms with E-state index in [-0.39, 0.29) is 16.4 Å². The second-order valence-electron chi connectivity index (χ2n) is 4.08. The highest BCUT2D eigenvalue weighted by Gasteiger charge is 2.30. The molecule has 1 rings (SSSR count). The zero-order valence-corrected chi connectivity index (χ0v) is 11.9. The summed E-state index contributed by atoms with van der Waals surface area (Å²) < 4.78 is 39.7. The fourth-order valence-corrected chi connectivity index (χ4v) is 2.15. The number of rotatable bonds is 6. The molecule has 0 fully saturated rings. The first-order chi connectivity index (χ1) is 8.81.